The molecule has 1 nitrogen and oxygen atoms in total. The van der Waals surface area contributed by atoms with E-state index in [1.807, 2.05) is 0 Å². The van der Waals surface area contributed by atoms with Gasteiger partial charge in [0.2, 0.25) is 0 Å². The number of hydrogen-bond donors (Lipinski definition) is 1. The Bertz CT molecular complexity index is 418. The van der Waals surface area contributed by atoms with Crippen LogP contribution in [0.1, 0.15) is 36.6 Å². The molecule has 0 aromatic heterocycles. The van der Waals surface area contributed by atoms with Crippen molar-refractivity contribution in [2.45, 2.75) is 31.6 Å². The first-order chi connectivity index (χ1) is 8.41. The van der Waals surface area contributed by atoms with Gasteiger partial charge in [-0.15, -0.1) is 0 Å². The van der Waals surface area contributed by atoms with E-state index in [9.17, 15) is 17.6 Å². The summed E-state index contributed by atoms with van der Waals surface area (Å²) in [4.78, 5) is 0. The molecule has 1 saturated carbocycles. The largest absolute Gasteiger partial charge is 0.416 e. The molecule has 1 aliphatic rings. The van der Waals surface area contributed by atoms with E-state index in [0.29, 0.717) is 12.8 Å². The first-order valence-electron chi connectivity index (χ1n) is 5.91. The molecule has 1 aromatic rings. The Hall–Kier alpha value is -1.10. The molecule has 100 valence electrons. The van der Waals surface area contributed by atoms with E-state index in [1.165, 1.54) is 18.2 Å². The van der Waals surface area contributed by atoms with E-state index in [0.717, 1.165) is 12.5 Å². The second-order valence-electron chi connectivity index (χ2n) is 4.87. The standard InChI is InChI=1S/C13H15F4N/c14-11(12(8-18)6-3-7-12)9-4-1-2-5-10(9)13(15,16)17/h1-2,4-5,11H,3,6-8,18H2. The minimum absolute atomic E-state index is 0.0837. The number of rotatable bonds is 3. The fourth-order valence-corrected chi connectivity index (χ4v) is 2.50. The maximum Gasteiger partial charge on any atom is 0.416 e. The topological polar surface area (TPSA) is 26.0 Å². The summed E-state index contributed by atoms with van der Waals surface area (Å²) in [6.45, 7) is 0.0837. The number of hydrogen-bond acceptors (Lipinski definition) is 1. The maximum absolute atomic E-state index is 14.4. The molecule has 0 heterocycles. The summed E-state index contributed by atoms with van der Waals surface area (Å²) in [6.07, 6.45) is -4.24. The van der Waals surface area contributed by atoms with Crippen molar-refractivity contribution >= 4 is 0 Å². The Kier molecular flexibility index (Phi) is 3.36. The van der Waals surface area contributed by atoms with Gasteiger partial charge in [-0.1, -0.05) is 24.6 Å². The molecule has 0 bridgehead atoms. The second kappa shape index (κ2) is 4.53. The Morgan fingerprint density at radius 3 is 2.28 bits per heavy atom. The molecule has 2 N–H and O–H groups in total. The zero-order valence-corrected chi connectivity index (χ0v) is 9.80. The first kappa shape index (κ1) is 13.3. The molecule has 18 heavy (non-hydrogen) atoms. The summed E-state index contributed by atoms with van der Waals surface area (Å²) in [6, 6.07) is 4.84. The van der Waals surface area contributed by atoms with Gasteiger partial charge in [-0.25, -0.2) is 4.39 Å². The van der Waals surface area contributed by atoms with E-state index in [-0.39, 0.29) is 12.1 Å². The van der Waals surface area contributed by atoms with E-state index in [4.69, 9.17) is 5.73 Å². The third kappa shape index (κ3) is 2.11. The molecule has 1 aromatic carbocycles. The Labute approximate surface area is 103 Å². The van der Waals surface area contributed by atoms with Crippen molar-refractivity contribution in [2.24, 2.45) is 11.1 Å². The van der Waals surface area contributed by atoms with Gasteiger partial charge in [-0.05, 0) is 24.5 Å². The van der Waals surface area contributed by atoms with Gasteiger partial charge in [-0.2, -0.15) is 13.2 Å². The Balaban J connectivity index is 2.39. The lowest BCUT2D eigenvalue weighted by Crippen LogP contribution is -2.41. The van der Waals surface area contributed by atoms with Crippen molar-refractivity contribution in [3.63, 3.8) is 0 Å². The van der Waals surface area contributed by atoms with Crippen LogP contribution in [0, 0.1) is 5.41 Å². The number of alkyl halides is 4. The summed E-state index contributed by atoms with van der Waals surface area (Å²) in [5.74, 6) is 0. The molecule has 1 fully saturated rings. The van der Waals surface area contributed by atoms with Crippen LogP contribution in [0.5, 0.6) is 0 Å². The monoisotopic (exact) mass is 261 g/mol. The molecule has 0 radical (unpaired) electrons. The van der Waals surface area contributed by atoms with Crippen LogP contribution < -0.4 is 5.73 Å². The molecular formula is C13H15F4N. The minimum Gasteiger partial charge on any atom is -0.330 e. The van der Waals surface area contributed by atoms with Crippen LogP contribution in [0.4, 0.5) is 17.6 Å². The van der Waals surface area contributed by atoms with Crippen molar-refractivity contribution in [2.75, 3.05) is 6.54 Å². The van der Waals surface area contributed by atoms with Crippen LogP contribution >= 0.6 is 0 Å². The van der Waals surface area contributed by atoms with E-state index in [2.05, 4.69) is 0 Å². The average Bonchev–Trinajstić information content (AvgIpc) is 2.27. The lowest BCUT2D eigenvalue weighted by Gasteiger charge is -2.44. The van der Waals surface area contributed by atoms with E-state index >= 15 is 0 Å². The van der Waals surface area contributed by atoms with Gasteiger partial charge in [-0.3, -0.25) is 0 Å². The highest BCUT2D eigenvalue weighted by molar-refractivity contribution is 5.33. The average molecular weight is 261 g/mol. The summed E-state index contributed by atoms with van der Waals surface area (Å²) < 4.78 is 52.9. The smallest absolute Gasteiger partial charge is 0.330 e. The molecule has 1 aliphatic carbocycles. The molecular weight excluding hydrogens is 246 g/mol. The van der Waals surface area contributed by atoms with Crippen molar-refractivity contribution in [1.29, 1.82) is 0 Å². The van der Waals surface area contributed by atoms with Crippen LogP contribution in [0.2, 0.25) is 0 Å². The molecule has 0 amide bonds. The number of halogens is 4. The number of nitrogens with two attached hydrogens (primary N) is 1. The third-order valence-corrected chi connectivity index (χ3v) is 3.83. The molecule has 2 rings (SSSR count). The predicted molar refractivity (Wildman–Crippen MR) is 60.6 cm³/mol. The second-order valence-corrected chi connectivity index (χ2v) is 4.87. The molecule has 1 unspecified atom stereocenters. The SMILES string of the molecule is NCC1(C(F)c2ccccc2C(F)(F)F)CCC1. The van der Waals surface area contributed by atoms with Gasteiger partial charge in [0.25, 0.3) is 0 Å². The van der Waals surface area contributed by atoms with Crippen LogP contribution in [0.3, 0.4) is 0 Å². The fraction of sp³-hybridized carbons (Fsp3) is 0.538. The van der Waals surface area contributed by atoms with Crippen LogP contribution in [0.15, 0.2) is 24.3 Å². The summed E-state index contributed by atoms with van der Waals surface area (Å²) in [7, 11) is 0. The number of benzene rings is 1. The van der Waals surface area contributed by atoms with Crippen molar-refractivity contribution in [1.82, 2.24) is 0 Å². The van der Waals surface area contributed by atoms with Crippen molar-refractivity contribution in [3.05, 3.63) is 35.4 Å². The zero-order valence-electron chi connectivity index (χ0n) is 9.80. The minimum atomic E-state index is -4.53. The quantitative estimate of drug-likeness (QED) is 0.822. The maximum atomic E-state index is 14.4. The van der Waals surface area contributed by atoms with Crippen LogP contribution in [-0.2, 0) is 6.18 Å². The Morgan fingerprint density at radius 1 is 1.22 bits per heavy atom. The van der Waals surface area contributed by atoms with E-state index < -0.39 is 23.3 Å². The molecule has 5 heteroatoms. The highest BCUT2D eigenvalue weighted by Gasteiger charge is 2.47. The van der Waals surface area contributed by atoms with E-state index in [1.54, 1.807) is 0 Å². The lowest BCUT2D eigenvalue weighted by atomic mass is 9.64. The molecule has 0 spiro atoms. The normalized spacial score (nSPS) is 20.3. The summed E-state index contributed by atoms with van der Waals surface area (Å²) >= 11 is 0. The first-order valence-corrected chi connectivity index (χ1v) is 5.91. The summed E-state index contributed by atoms with van der Waals surface area (Å²) in [5.41, 5.74) is 3.57. The lowest BCUT2D eigenvalue weighted by molar-refractivity contribution is -0.139. The van der Waals surface area contributed by atoms with Crippen LogP contribution in [0.25, 0.3) is 0 Å². The molecule has 0 aliphatic heterocycles. The summed E-state index contributed by atoms with van der Waals surface area (Å²) in [5, 5.41) is 0. The third-order valence-electron chi connectivity index (χ3n) is 3.83. The highest BCUT2D eigenvalue weighted by Crippen LogP contribution is 2.53. The van der Waals surface area contributed by atoms with Crippen LogP contribution in [-0.4, -0.2) is 6.54 Å². The van der Waals surface area contributed by atoms with Gasteiger partial charge < -0.3 is 5.73 Å². The zero-order chi connectivity index (χ0) is 13.4. The van der Waals surface area contributed by atoms with Gasteiger partial charge in [0.1, 0.15) is 6.17 Å². The molecule has 0 saturated heterocycles. The van der Waals surface area contributed by atoms with Crippen molar-refractivity contribution in [3.8, 4) is 0 Å². The van der Waals surface area contributed by atoms with Crippen molar-refractivity contribution < 1.29 is 17.6 Å². The Morgan fingerprint density at radius 2 is 1.83 bits per heavy atom. The highest BCUT2D eigenvalue weighted by atomic mass is 19.4. The molecule has 1 atom stereocenters. The van der Waals surface area contributed by atoms with Gasteiger partial charge >= 0.3 is 6.18 Å². The fourth-order valence-electron chi connectivity index (χ4n) is 2.50. The van der Waals surface area contributed by atoms with Gasteiger partial charge in [0.15, 0.2) is 0 Å². The predicted octanol–water partition coefficient (Wildman–Crippen LogP) is 3.85. The van der Waals surface area contributed by atoms with Gasteiger partial charge in [0.05, 0.1) is 5.56 Å². The van der Waals surface area contributed by atoms with Gasteiger partial charge in [0, 0.05) is 12.0 Å².